The van der Waals surface area contributed by atoms with Crippen molar-refractivity contribution < 1.29 is 0 Å². The molecule has 0 saturated carbocycles. The molecule has 0 radical (unpaired) electrons. The van der Waals surface area contributed by atoms with Crippen LogP contribution in [0.3, 0.4) is 0 Å². The Kier molecular flexibility index (Phi) is 4.98. The lowest BCUT2D eigenvalue weighted by Gasteiger charge is -2.15. The zero-order valence-corrected chi connectivity index (χ0v) is 16.9. The number of nitrogens with zero attached hydrogens (tertiary/aromatic N) is 3. The summed E-state index contributed by atoms with van der Waals surface area (Å²) in [5, 5.41) is 5.04. The van der Waals surface area contributed by atoms with E-state index < -0.39 is 0 Å². The maximum absolute atomic E-state index is 13.3. The molecule has 0 atom stereocenters. The molecule has 0 fully saturated rings. The fourth-order valence-corrected chi connectivity index (χ4v) is 3.37. The lowest BCUT2D eigenvalue weighted by Crippen LogP contribution is -2.21. The lowest BCUT2D eigenvalue weighted by molar-refractivity contribution is 0.855. The lowest BCUT2D eigenvalue weighted by atomic mass is 10.0. The van der Waals surface area contributed by atoms with Gasteiger partial charge in [-0.15, -0.1) is 0 Å². The summed E-state index contributed by atoms with van der Waals surface area (Å²) in [6.45, 7) is 0. The van der Waals surface area contributed by atoms with Crippen LogP contribution in [0, 0.1) is 0 Å². The van der Waals surface area contributed by atoms with Crippen LogP contribution >= 0.6 is 27.5 Å². The zero-order valence-electron chi connectivity index (χ0n) is 14.5. The number of nitrogens with two attached hydrogens (primary N) is 1. The van der Waals surface area contributed by atoms with Crippen LogP contribution in [-0.4, -0.2) is 14.8 Å². The van der Waals surface area contributed by atoms with Crippen LogP contribution in [-0.2, 0) is 0 Å². The Morgan fingerprint density at radius 2 is 1.79 bits per heavy atom. The summed E-state index contributed by atoms with van der Waals surface area (Å²) in [7, 11) is 0. The van der Waals surface area contributed by atoms with E-state index in [0.717, 1.165) is 10.2 Å². The second-order valence-corrected chi connectivity index (χ2v) is 7.40. The molecule has 0 aliphatic rings. The molecule has 2 aromatic heterocycles. The summed E-state index contributed by atoms with van der Waals surface area (Å²) in [5.74, 6) is 0.231. The molecule has 0 bridgehead atoms. The molecule has 2 aromatic carbocycles. The van der Waals surface area contributed by atoms with E-state index in [1.165, 1.54) is 0 Å². The molecule has 2 heterocycles. The second-order valence-electron chi connectivity index (χ2n) is 6.05. The van der Waals surface area contributed by atoms with Gasteiger partial charge in [0, 0.05) is 15.7 Å². The number of halogens is 2. The highest BCUT2D eigenvalue weighted by Gasteiger charge is 2.19. The summed E-state index contributed by atoms with van der Waals surface area (Å²) in [6.07, 6.45) is 1.62. The van der Waals surface area contributed by atoms with Crippen molar-refractivity contribution in [1.29, 1.82) is 0 Å². The van der Waals surface area contributed by atoms with E-state index in [9.17, 15) is 4.79 Å². The first-order valence-corrected chi connectivity index (χ1v) is 9.58. The summed E-state index contributed by atoms with van der Waals surface area (Å²) in [4.78, 5) is 17.6. The highest BCUT2D eigenvalue weighted by atomic mass is 79.9. The molecule has 138 valence electrons. The van der Waals surface area contributed by atoms with Crippen molar-refractivity contribution in [3.05, 3.63) is 92.6 Å². The van der Waals surface area contributed by atoms with E-state index in [-0.39, 0.29) is 16.9 Å². The Bertz CT molecular complexity index is 1210. The molecule has 4 rings (SSSR count). The van der Waals surface area contributed by atoms with Crippen molar-refractivity contribution in [3.63, 3.8) is 0 Å². The maximum Gasteiger partial charge on any atom is 0.219 e. The average molecular weight is 454 g/mol. The minimum atomic E-state index is -0.299. The smallest absolute Gasteiger partial charge is 0.219 e. The number of hydrogen-bond acceptors (Lipinski definition) is 4. The molecular weight excluding hydrogens is 440 g/mol. The quantitative estimate of drug-likeness (QED) is 0.476. The standard InChI is InChI=1S/C21H14BrClN4O/c22-14-7-9-16(10-8-14)27-21(24)18(13-4-3-5-15(23)12-13)20(28)19(26-27)17-6-1-2-11-25-17/h1-12H,24H2. The Labute approximate surface area is 174 Å². The fraction of sp³-hybridized carbons (Fsp3) is 0. The number of aromatic nitrogens is 3. The highest BCUT2D eigenvalue weighted by molar-refractivity contribution is 9.10. The van der Waals surface area contributed by atoms with Gasteiger partial charge in [0.1, 0.15) is 5.82 Å². The van der Waals surface area contributed by atoms with Crippen molar-refractivity contribution in [1.82, 2.24) is 14.8 Å². The van der Waals surface area contributed by atoms with Crippen molar-refractivity contribution in [3.8, 4) is 28.2 Å². The first kappa shape index (κ1) is 18.4. The molecule has 0 spiro atoms. The third-order valence-corrected chi connectivity index (χ3v) is 4.98. The SMILES string of the molecule is Nc1c(-c2cccc(Cl)c2)c(=O)c(-c2ccccn2)nn1-c1ccc(Br)cc1. The number of nitrogen functional groups attached to an aromatic ring is 1. The van der Waals surface area contributed by atoms with E-state index in [1.54, 1.807) is 47.3 Å². The first-order chi connectivity index (χ1) is 13.5. The van der Waals surface area contributed by atoms with Crippen LogP contribution in [0.15, 0.2) is 82.2 Å². The molecule has 28 heavy (non-hydrogen) atoms. The first-order valence-electron chi connectivity index (χ1n) is 8.40. The average Bonchev–Trinajstić information content (AvgIpc) is 2.70. The minimum Gasteiger partial charge on any atom is -0.383 e. The highest BCUT2D eigenvalue weighted by Crippen LogP contribution is 2.28. The van der Waals surface area contributed by atoms with Crippen LogP contribution in [0.4, 0.5) is 5.82 Å². The van der Waals surface area contributed by atoms with Crippen molar-refractivity contribution in [2.75, 3.05) is 5.73 Å². The maximum atomic E-state index is 13.3. The normalized spacial score (nSPS) is 10.8. The van der Waals surface area contributed by atoms with Crippen LogP contribution < -0.4 is 11.2 Å². The Balaban J connectivity index is 2.06. The molecule has 4 aromatic rings. The number of anilines is 1. The van der Waals surface area contributed by atoms with Gasteiger partial charge in [-0.2, -0.15) is 5.10 Å². The van der Waals surface area contributed by atoms with E-state index in [0.29, 0.717) is 21.8 Å². The third kappa shape index (κ3) is 3.44. The van der Waals surface area contributed by atoms with Gasteiger partial charge in [-0.1, -0.05) is 45.7 Å². The van der Waals surface area contributed by atoms with Crippen LogP contribution in [0.2, 0.25) is 5.02 Å². The van der Waals surface area contributed by atoms with Crippen molar-refractivity contribution in [2.45, 2.75) is 0 Å². The molecule has 2 N–H and O–H groups in total. The van der Waals surface area contributed by atoms with Crippen molar-refractivity contribution >= 4 is 33.3 Å². The monoisotopic (exact) mass is 452 g/mol. The summed E-state index contributed by atoms with van der Waals surface area (Å²) in [6, 6.07) is 19.9. The van der Waals surface area contributed by atoms with Gasteiger partial charge in [-0.05, 0) is 54.1 Å². The molecule has 5 nitrogen and oxygen atoms in total. The predicted molar refractivity (Wildman–Crippen MR) is 116 cm³/mol. The second kappa shape index (κ2) is 7.58. The van der Waals surface area contributed by atoms with Gasteiger partial charge in [-0.25, -0.2) is 4.68 Å². The number of rotatable bonds is 3. The van der Waals surface area contributed by atoms with Gasteiger partial charge in [0.25, 0.3) is 0 Å². The third-order valence-electron chi connectivity index (χ3n) is 4.22. The summed E-state index contributed by atoms with van der Waals surface area (Å²) >= 11 is 9.57. The van der Waals surface area contributed by atoms with Crippen molar-refractivity contribution in [2.24, 2.45) is 0 Å². The zero-order chi connectivity index (χ0) is 19.7. The van der Waals surface area contributed by atoms with Gasteiger partial charge in [0.15, 0.2) is 5.69 Å². The Morgan fingerprint density at radius 3 is 2.46 bits per heavy atom. The largest absolute Gasteiger partial charge is 0.383 e. The van der Waals surface area contributed by atoms with Gasteiger partial charge < -0.3 is 5.73 Å². The van der Waals surface area contributed by atoms with E-state index >= 15 is 0 Å². The number of benzene rings is 2. The molecular formula is C21H14BrClN4O. The van der Waals surface area contributed by atoms with E-state index in [1.807, 2.05) is 30.3 Å². The van der Waals surface area contributed by atoms with Gasteiger partial charge in [-0.3, -0.25) is 9.78 Å². The van der Waals surface area contributed by atoms with Crippen LogP contribution in [0.5, 0.6) is 0 Å². The summed E-state index contributed by atoms with van der Waals surface area (Å²) in [5.41, 5.74) is 8.48. The topological polar surface area (TPSA) is 73.8 Å². The molecule has 0 saturated heterocycles. The predicted octanol–water partition coefficient (Wildman–Crippen LogP) is 4.96. The van der Waals surface area contributed by atoms with Crippen LogP contribution in [0.1, 0.15) is 0 Å². The van der Waals surface area contributed by atoms with Crippen LogP contribution in [0.25, 0.3) is 28.2 Å². The molecule has 0 amide bonds. The Morgan fingerprint density at radius 1 is 1.00 bits per heavy atom. The number of hydrogen-bond donors (Lipinski definition) is 1. The minimum absolute atomic E-state index is 0.215. The Hall–Kier alpha value is -2.96. The van der Waals surface area contributed by atoms with Gasteiger partial charge in [0.05, 0.1) is 16.9 Å². The molecule has 0 aliphatic heterocycles. The van der Waals surface area contributed by atoms with E-state index in [4.69, 9.17) is 17.3 Å². The summed E-state index contributed by atoms with van der Waals surface area (Å²) < 4.78 is 2.48. The molecule has 0 aliphatic carbocycles. The fourth-order valence-electron chi connectivity index (χ4n) is 2.91. The van der Waals surface area contributed by atoms with Gasteiger partial charge in [0.2, 0.25) is 5.43 Å². The molecule has 7 heteroatoms. The molecule has 0 unspecified atom stereocenters. The number of pyridine rings is 1. The van der Waals surface area contributed by atoms with E-state index in [2.05, 4.69) is 26.0 Å². The van der Waals surface area contributed by atoms with Gasteiger partial charge >= 0.3 is 0 Å².